The van der Waals surface area contributed by atoms with E-state index in [1.54, 1.807) is 0 Å². The number of fused-ring (bicyclic) bond motifs is 1. The van der Waals surface area contributed by atoms with Gasteiger partial charge in [0.2, 0.25) is 0 Å². The van der Waals surface area contributed by atoms with Crippen molar-refractivity contribution in [2.45, 2.75) is 44.5 Å². The molecule has 3 nitrogen and oxygen atoms in total. The molecule has 1 aliphatic heterocycles. The molecule has 0 saturated carbocycles. The molecule has 0 aromatic heterocycles. The number of nitrogens with zero attached hydrogens (tertiary/aromatic N) is 1. The Bertz CT molecular complexity index is 814. The lowest BCUT2D eigenvalue weighted by atomic mass is 10.0. The van der Waals surface area contributed by atoms with E-state index in [1.165, 1.54) is 0 Å². The summed E-state index contributed by atoms with van der Waals surface area (Å²) >= 11 is 3.45. The number of allylic oxidation sites excluding steroid dienone is 1. The van der Waals surface area contributed by atoms with Gasteiger partial charge in [-0.25, -0.2) is 0 Å². The number of ether oxygens (including phenoxy) is 1. The number of hydrogen-bond acceptors (Lipinski definition) is 2. The van der Waals surface area contributed by atoms with Crippen molar-refractivity contribution in [2.75, 3.05) is 11.4 Å². The van der Waals surface area contributed by atoms with Gasteiger partial charge in [-0.3, -0.25) is 4.79 Å². The van der Waals surface area contributed by atoms with Gasteiger partial charge in [0.1, 0.15) is 6.10 Å². The lowest BCUT2D eigenvalue weighted by molar-refractivity contribution is 0.0954. The Morgan fingerprint density at radius 2 is 2.00 bits per heavy atom. The Hall–Kier alpha value is -2.07. The molecule has 0 fully saturated rings. The maximum atomic E-state index is 13.2. The molecule has 0 saturated heterocycles. The topological polar surface area (TPSA) is 29.5 Å². The molecule has 2 aromatic rings. The first-order valence-electron chi connectivity index (χ1n) is 9.60. The molecule has 3 rings (SSSR count). The summed E-state index contributed by atoms with van der Waals surface area (Å²) in [6.07, 6.45) is 7.28. The zero-order valence-electron chi connectivity index (χ0n) is 16.0. The molecule has 0 radical (unpaired) electrons. The number of unbranched alkanes of at least 4 members (excludes halogenated alkanes) is 1. The second-order valence-corrected chi connectivity index (χ2v) is 7.34. The lowest BCUT2D eigenvalue weighted by Crippen LogP contribution is -2.43. The van der Waals surface area contributed by atoms with Crippen molar-refractivity contribution in [3.63, 3.8) is 0 Å². The van der Waals surface area contributed by atoms with Crippen LogP contribution in [0.25, 0.3) is 6.08 Å². The largest absolute Gasteiger partial charge is 0.486 e. The van der Waals surface area contributed by atoms with Gasteiger partial charge in [-0.1, -0.05) is 72.6 Å². The van der Waals surface area contributed by atoms with Gasteiger partial charge in [-0.2, -0.15) is 0 Å². The van der Waals surface area contributed by atoms with Gasteiger partial charge in [-0.15, -0.1) is 0 Å². The highest BCUT2D eigenvalue weighted by Crippen LogP contribution is 2.38. The van der Waals surface area contributed by atoms with Gasteiger partial charge in [0.15, 0.2) is 5.75 Å². The zero-order valence-corrected chi connectivity index (χ0v) is 17.5. The minimum Gasteiger partial charge on any atom is -0.486 e. The number of benzene rings is 2. The number of para-hydroxylation sites is 1. The number of carbonyl (C=O) groups is 1. The summed E-state index contributed by atoms with van der Waals surface area (Å²) in [4.78, 5) is 15.1. The number of amides is 1. The average Bonchev–Trinajstić information content (AvgIpc) is 2.73. The highest BCUT2D eigenvalue weighted by atomic mass is 79.9. The Balaban J connectivity index is 1.97. The maximum Gasteiger partial charge on any atom is 0.258 e. The smallest absolute Gasteiger partial charge is 0.258 e. The Morgan fingerprint density at radius 1 is 1.22 bits per heavy atom. The molecule has 0 bridgehead atoms. The van der Waals surface area contributed by atoms with Crippen LogP contribution in [0.1, 0.15) is 54.6 Å². The van der Waals surface area contributed by atoms with E-state index in [0.29, 0.717) is 12.1 Å². The molecule has 142 valence electrons. The second kappa shape index (κ2) is 9.23. The van der Waals surface area contributed by atoms with E-state index in [2.05, 4.69) is 48.0 Å². The van der Waals surface area contributed by atoms with Crippen molar-refractivity contribution in [1.82, 2.24) is 0 Å². The molecule has 1 unspecified atom stereocenters. The number of carbonyl (C=O) groups excluding carboxylic acids is 1. The van der Waals surface area contributed by atoms with Crippen molar-refractivity contribution in [3.05, 3.63) is 65.2 Å². The van der Waals surface area contributed by atoms with Crippen LogP contribution in [0.5, 0.6) is 5.75 Å². The highest BCUT2D eigenvalue weighted by Gasteiger charge is 2.30. The Kier molecular flexibility index (Phi) is 6.73. The average molecular weight is 428 g/mol. The monoisotopic (exact) mass is 427 g/mol. The molecule has 27 heavy (non-hydrogen) atoms. The first-order valence-corrected chi connectivity index (χ1v) is 10.7. The Morgan fingerprint density at radius 3 is 2.67 bits per heavy atom. The van der Waals surface area contributed by atoms with E-state index in [0.717, 1.165) is 47.2 Å². The molecule has 0 N–H and O–H groups in total. The van der Waals surface area contributed by atoms with Crippen LogP contribution in [0, 0.1) is 0 Å². The summed E-state index contributed by atoms with van der Waals surface area (Å²) in [5.41, 5.74) is 3.75. The van der Waals surface area contributed by atoms with Gasteiger partial charge in [0, 0.05) is 16.5 Å². The number of halogens is 1. The number of anilines is 1. The molecular formula is C23H26BrNO2. The van der Waals surface area contributed by atoms with Crippen LogP contribution >= 0.6 is 15.9 Å². The number of hydrogen-bond donors (Lipinski definition) is 0. The number of rotatable bonds is 6. The highest BCUT2D eigenvalue weighted by molar-refractivity contribution is 9.08. The van der Waals surface area contributed by atoms with Crippen LogP contribution in [-0.2, 0) is 5.33 Å². The third kappa shape index (κ3) is 4.44. The molecule has 0 aliphatic carbocycles. The van der Waals surface area contributed by atoms with E-state index in [9.17, 15) is 4.79 Å². The summed E-state index contributed by atoms with van der Waals surface area (Å²) in [5.74, 6) is 0.835. The van der Waals surface area contributed by atoms with Gasteiger partial charge < -0.3 is 9.64 Å². The van der Waals surface area contributed by atoms with Crippen molar-refractivity contribution >= 4 is 33.6 Å². The van der Waals surface area contributed by atoms with Crippen LogP contribution in [0.2, 0.25) is 0 Å². The minimum absolute atomic E-state index is 0.00369. The summed E-state index contributed by atoms with van der Waals surface area (Å²) in [6.45, 7) is 4.83. The molecule has 1 heterocycles. The Labute approximate surface area is 170 Å². The molecule has 1 atom stereocenters. The van der Waals surface area contributed by atoms with Crippen LogP contribution < -0.4 is 9.64 Å². The van der Waals surface area contributed by atoms with Gasteiger partial charge >= 0.3 is 0 Å². The van der Waals surface area contributed by atoms with Gasteiger partial charge in [0.25, 0.3) is 5.91 Å². The van der Waals surface area contributed by atoms with E-state index < -0.39 is 0 Å². The summed E-state index contributed by atoms with van der Waals surface area (Å²) < 4.78 is 6.24. The maximum absolute atomic E-state index is 13.2. The van der Waals surface area contributed by atoms with E-state index in [4.69, 9.17) is 4.74 Å². The van der Waals surface area contributed by atoms with Crippen LogP contribution in [0.15, 0.2) is 48.5 Å². The molecule has 1 aliphatic rings. The number of alkyl halides is 1. The molecule has 0 spiro atoms. The van der Waals surface area contributed by atoms with Gasteiger partial charge in [0.05, 0.1) is 12.2 Å². The molecule has 1 amide bonds. The lowest BCUT2D eigenvalue weighted by Gasteiger charge is -2.35. The summed E-state index contributed by atoms with van der Waals surface area (Å²) in [6, 6.07) is 13.8. The zero-order chi connectivity index (χ0) is 19.2. The normalized spacial score (nSPS) is 16.3. The molecule has 4 heteroatoms. The predicted octanol–water partition coefficient (Wildman–Crippen LogP) is 6.21. The molecule has 2 aromatic carbocycles. The van der Waals surface area contributed by atoms with Crippen molar-refractivity contribution in [2.24, 2.45) is 0 Å². The third-order valence-corrected chi connectivity index (χ3v) is 5.44. The van der Waals surface area contributed by atoms with Crippen LogP contribution in [0.3, 0.4) is 0 Å². The predicted molar refractivity (Wildman–Crippen MR) is 116 cm³/mol. The van der Waals surface area contributed by atoms with E-state index >= 15 is 0 Å². The first-order chi connectivity index (χ1) is 13.2. The fourth-order valence-electron chi connectivity index (χ4n) is 3.19. The van der Waals surface area contributed by atoms with Crippen LogP contribution in [-0.4, -0.2) is 18.6 Å². The summed E-state index contributed by atoms with van der Waals surface area (Å²) in [5, 5.41) is 0.785. The van der Waals surface area contributed by atoms with E-state index in [1.807, 2.05) is 41.3 Å². The van der Waals surface area contributed by atoms with Gasteiger partial charge in [-0.05, 0) is 36.6 Å². The minimum atomic E-state index is 0.00369. The SMILES string of the molecule is CCC/C=C/c1cccc2c1OC(CC)CN2C(=O)c1ccc(CBr)cc1. The van der Waals surface area contributed by atoms with Crippen molar-refractivity contribution in [3.8, 4) is 5.75 Å². The third-order valence-electron chi connectivity index (χ3n) is 4.79. The van der Waals surface area contributed by atoms with Crippen LogP contribution in [0.4, 0.5) is 5.69 Å². The summed E-state index contributed by atoms with van der Waals surface area (Å²) in [7, 11) is 0. The quantitative estimate of drug-likeness (QED) is 0.512. The molecular weight excluding hydrogens is 402 g/mol. The fraction of sp³-hybridized carbons (Fsp3) is 0.348. The second-order valence-electron chi connectivity index (χ2n) is 6.78. The standard InChI is InChI=1S/C23H26BrNO2/c1-3-5-6-8-18-9-7-10-21-22(18)27-20(4-2)16-25(21)23(26)19-13-11-17(15-24)12-14-19/h6-14,20H,3-5,15-16H2,1-2H3/b8-6+. The van der Waals surface area contributed by atoms with Crippen molar-refractivity contribution in [1.29, 1.82) is 0 Å². The first kappa shape index (κ1) is 19.7. The van der Waals surface area contributed by atoms with E-state index in [-0.39, 0.29) is 12.0 Å². The van der Waals surface area contributed by atoms with Crippen molar-refractivity contribution < 1.29 is 9.53 Å². The fourth-order valence-corrected chi connectivity index (χ4v) is 3.57.